The molecule has 1 unspecified atom stereocenters. The van der Waals surface area contributed by atoms with Crippen LogP contribution in [0.4, 0.5) is 0 Å². The van der Waals surface area contributed by atoms with Gasteiger partial charge in [-0.05, 0) is 38.0 Å². The van der Waals surface area contributed by atoms with Crippen LogP contribution in [0.2, 0.25) is 0 Å². The summed E-state index contributed by atoms with van der Waals surface area (Å²) in [5.74, 6) is 0.411. The fourth-order valence-corrected chi connectivity index (χ4v) is 1.95. The summed E-state index contributed by atoms with van der Waals surface area (Å²) in [6.07, 6.45) is 1.53. The number of hydrogen-bond acceptors (Lipinski definition) is 2. The molecule has 0 saturated carbocycles. The molecule has 0 radical (unpaired) electrons. The molecule has 4 heteroatoms. The Bertz CT molecular complexity index is 395. The van der Waals surface area contributed by atoms with Gasteiger partial charge in [-0.15, -0.1) is 11.6 Å². The molecule has 0 aliphatic rings. The fraction of sp³-hybridized carbons (Fsp3) is 0.462. The zero-order valence-corrected chi connectivity index (χ0v) is 10.9. The van der Waals surface area contributed by atoms with Gasteiger partial charge in [-0.2, -0.15) is 0 Å². The number of rotatable bonds is 5. The average Bonchev–Trinajstić information content (AvgIpc) is 2.29. The molecule has 0 aliphatic heterocycles. The summed E-state index contributed by atoms with van der Waals surface area (Å²) in [7, 11) is 0. The second-order valence-corrected chi connectivity index (χ2v) is 4.74. The highest BCUT2D eigenvalue weighted by molar-refractivity contribution is 6.17. The SMILES string of the molecule is CCC(C)(CCCl)NC(=O)c1cccc(O)c1. The average molecular weight is 256 g/mol. The van der Waals surface area contributed by atoms with Crippen molar-refractivity contribution in [3.05, 3.63) is 29.8 Å². The normalized spacial score (nSPS) is 14.1. The Morgan fingerprint density at radius 2 is 2.24 bits per heavy atom. The molecule has 0 spiro atoms. The number of carbonyl (C=O) groups is 1. The predicted octanol–water partition coefficient (Wildman–Crippen LogP) is 2.92. The van der Waals surface area contributed by atoms with Crippen LogP contribution in [0.3, 0.4) is 0 Å². The van der Waals surface area contributed by atoms with Crippen LogP contribution in [0.25, 0.3) is 0 Å². The molecule has 1 aromatic carbocycles. The van der Waals surface area contributed by atoms with E-state index in [1.165, 1.54) is 12.1 Å². The molecule has 1 aromatic rings. The Morgan fingerprint density at radius 3 is 2.76 bits per heavy atom. The molecule has 0 fully saturated rings. The van der Waals surface area contributed by atoms with Crippen LogP contribution in [0.1, 0.15) is 37.0 Å². The lowest BCUT2D eigenvalue weighted by Crippen LogP contribution is -2.45. The minimum absolute atomic E-state index is 0.0909. The van der Waals surface area contributed by atoms with Gasteiger partial charge in [0.2, 0.25) is 0 Å². The Balaban J connectivity index is 2.77. The zero-order chi connectivity index (χ0) is 12.9. The van der Waals surface area contributed by atoms with Crippen molar-refractivity contribution in [3.63, 3.8) is 0 Å². The summed E-state index contributed by atoms with van der Waals surface area (Å²) in [5.41, 5.74) is 0.156. The maximum Gasteiger partial charge on any atom is 0.251 e. The number of carbonyl (C=O) groups excluding carboxylic acids is 1. The second-order valence-electron chi connectivity index (χ2n) is 4.36. The van der Waals surface area contributed by atoms with Gasteiger partial charge in [0.05, 0.1) is 0 Å². The van der Waals surface area contributed by atoms with Crippen molar-refractivity contribution < 1.29 is 9.90 Å². The van der Waals surface area contributed by atoms with Crippen molar-refractivity contribution >= 4 is 17.5 Å². The number of benzene rings is 1. The number of nitrogens with one attached hydrogen (secondary N) is 1. The van der Waals surface area contributed by atoms with Crippen molar-refractivity contribution in [2.45, 2.75) is 32.2 Å². The van der Waals surface area contributed by atoms with E-state index in [0.29, 0.717) is 11.4 Å². The van der Waals surface area contributed by atoms with Crippen LogP contribution in [0, 0.1) is 0 Å². The van der Waals surface area contributed by atoms with Gasteiger partial charge in [0.15, 0.2) is 0 Å². The molecule has 94 valence electrons. The first kappa shape index (κ1) is 13.8. The van der Waals surface area contributed by atoms with Gasteiger partial charge in [0.1, 0.15) is 5.75 Å². The highest BCUT2D eigenvalue weighted by atomic mass is 35.5. The maximum absolute atomic E-state index is 12.0. The van der Waals surface area contributed by atoms with E-state index in [-0.39, 0.29) is 17.2 Å². The largest absolute Gasteiger partial charge is 0.508 e. The quantitative estimate of drug-likeness (QED) is 0.795. The first-order chi connectivity index (χ1) is 8.00. The first-order valence-electron chi connectivity index (χ1n) is 5.68. The van der Waals surface area contributed by atoms with Gasteiger partial charge < -0.3 is 10.4 Å². The van der Waals surface area contributed by atoms with Crippen molar-refractivity contribution in [1.82, 2.24) is 5.32 Å². The van der Waals surface area contributed by atoms with E-state index in [1.807, 2.05) is 13.8 Å². The number of phenolic OH excluding ortho intramolecular Hbond substituents is 1. The van der Waals surface area contributed by atoms with E-state index in [0.717, 1.165) is 12.8 Å². The molecule has 2 N–H and O–H groups in total. The minimum atomic E-state index is -0.301. The van der Waals surface area contributed by atoms with Crippen LogP contribution < -0.4 is 5.32 Å². The molecule has 0 aliphatic carbocycles. The van der Waals surface area contributed by atoms with Gasteiger partial charge in [0.25, 0.3) is 5.91 Å². The molecule has 1 atom stereocenters. The number of alkyl halides is 1. The summed E-state index contributed by atoms with van der Waals surface area (Å²) < 4.78 is 0. The summed E-state index contributed by atoms with van der Waals surface area (Å²) >= 11 is 5.73. The van der Waals surface area contributed by atoms with E-state index >= 15 is 0 Å². The Labute approximate surface area is 107 Å². The molecule has 1 amide bonds. The molecular weight excluding hydrogens is 238 g/mol. The van der Waals surface area contributed by atoms with Crippen molar-refractivity contribution in [2.75, 3.05) is 5.88 Å². The monoisotopic (exact) mass is 255 g/mol. The lowest BCUT2D eigenvalue weighted by atomic mass is 9.95. The fourth-order valence-electron chi connectivity index (χ4n) is 1.53. The Morgan fingerprint density at radius 1 is 1.53 bits per heavy atom. The Hall–Kier alpha value is -1.22. The van der Waals surface area contributed by atoms with Crippen LogP contribution in [0.15, 0.2) is 24.3 Å². The van der Waals surface area contributed by atoms with Gasteiger partial charge in [-0.1, -0.05) is 13.0 Å². The predicted molar refractivity (Wildman–Crippen MR) is 69.6 cm³/mol. The van der Waals surface area contributed by atoms with E-state index in [9.17, 15) is 9.90 Å². The molecule has 0 saturated heterocycles. The number of aromatic hydroxyl groups is 1. The third-order valence-corrected chi connectivity index (χ3v) is 3.14. The van der Waals surface area contributed by atoms with Crippen LogP contribution in [-0.4, -0.2) is 22.4 Å². The second kappa shape index (κ2) is 5.92. The number of hydrogen-bond donors (Lipinski definition) is 2. The smallest absolute Gasteiger partial charge is 0.251 e. The number of halogens is 1. The van der Waals surface area contributed by atoms with Crippen LogP contribution in [0.5, 0.6) is 5.75 Å². The topological polar surface area (TPSA) is 49.3 Å². The van der Waals surface area contributed by atoms with Crippen LogP contribution in [-0.2, 0) is 0 Å². The number of phenols is 1. The molecule has 3 nitrogen and oxygen atoms in total. The number of amides is 1. The highest BCUT2D eigenvalue weighted by Gasteiger charge is 2.24. The van der Waals surface area contributed by atoms with Gasteiger partial charge in [0, 0.05) is 17.0 Å². The Kier molecular flexibility index (Phi) is 4.82. The van der Waals surface area contributed by atoms with Gasteiger partial charge in [-0.25, -0.2) is 0 Å². The minimum Gasteiger partial charge on any atom is -0.508 e. The molecular formula is C13H18ClNO2. The highest BCUT2D eigenvalue weighted by Crippen LogP contribution is 2.17. The first-order valence-corrected chi connectivity index (χ1v) is 6.22. The molecule has 0 heterocycles. The summed E-state index contributed by atoms with van der Waals surface area (Å²) in [5, 5.41) is 12.3. The third kappa shape index (κ3) is 3.93. The maximum atomic E-state index is 12.0. The lowest BCUT2D eigenvalue weighted by Gasteiger charge is -2.29. The molecule has 0 aromatic heterocycles. The standard InChI is InChI=1S/C13H18ClNO2/c1-3-13(2,7-8-14)15-12(17)10-5-4-6-11(16)9-10/h4-6,9,16H,3,7-8H2,1-2H3,(H,15,17). The molecule has 0 bridgehead atoms. The van der Waals surface area contributed by atoms with Crippen molar-refractivity contribution in [3.8, 4) is 5.75 Å². The van der Waals surface area contributed by atoms with Gasteiger partial charge in [-0.3, -0.25) is 4.79 Å². The van der Waals surface area contributed by atoms with E-state index in [4.69, 9.17) is 11.6 Å². The summed E-state index contributed by atoms with van der Waals surface area (Å²) in [6, 6.07) is 6.31. The molecule has 17 heavy (non-hydrogen) atoms. The molecule has 1 rings (SSSR count). The van der Waals surface area contributed by atoms with Crippen LogP contribution >= 0.6 is 11.6 Å². The van der Waals surface area contributed by atoms with E-state index in [2.05, 4.69) is 5.32 Å². The summed E-state index contributed by atoms with van der Waals surface area (Å²) in [6.45, 7) is 3.98. The lowest BCUT2D eigenvalue weighted by molar-refractivity contribution is 0.0901. The van der Waals surface area contributed by atoms with Crippen molar-refractivity contribution in [2.24, 2.45) is 0 Å². The van der Waals surface area contributed by atoms with E-state index in [1.54, 1.807) is 12.1 Å². The third-order valence-electron chi connectivity index (χ3n) is 2.95. The van der Waals surface area contributed by atoms with Crippen molar-refractivity contribution in [1.29, 1.82) is 0 Å². The van der Waals surface area contributed by atoms with Gasteiger partial charge >= 0.3 is 0 Å². The zero-order valence-electron chi connectivity index (χ0n) is 10.2. The summed E-state index contributed by atoms with van der Waals surface area (Å²) in [4.78, 5) is 12.0. The van der Waals surface area contributed by atoms with E-state index < -0.39 is 0 Å².